The molecule has 9 heteroatoms. The van der Waals surface area contributed by atoms with Crippen molar-refractivity contribution in [3.05, 3.63) is 59.9 Å². The van der Waals surface area contributed by atoms with Crippen LogP contribution in [0, 0.1) is 5.82 Å². The highest BCUT2D eigenvalue weighted by atomic mass is 19.1. The van der Waals surface area contributed by atoms with Crippen LogP contribution in [-0.4, -0.2) is 38.5 Å². The average molecular weight is 461 g/mol. The number of pyridine rings is 1. The molecule has 2 heterocycles. The standard InChI is InChI=1S/C25H24FN5O3/c1-25(33)11-14(12-25)31-23(27)19(24(28)32)21(30-31)16-9-8-15-18(34-2)10-17(29-22(15)20(16)26)13-6-4-3-5-7-13/h3-10,14,33H,11-12,27H2,1-2H3,(H2,28,32). The number of methoxy groups -OCH3 is 1. The Morgan fingerprint density at radius 1 is 1.24 bits per heavy atom. The van der Waals surface area contributed by atoms with E-state index in [1.165, 1.54) is 17.9 Å². The molecule has 1 amide bonds. The molecule has 0 bridgehead atoms. The van der Waals surface area contributed by atoms with Crippen LogP contribution in [0.25, 0.3) is 33.4 Å². The minimum Gasteiger partial charge on any atom is -0.496 e. The lowest BCUT2D eigenvalue weighted by atomic mass is 9.77. The van der Waals surface area contributed by atoms with E-state index in [2.05, 4.69) is 10.1 Å². The van der Waals surface area contributed by atoms with Crippen LogP contribution in [-0.2, 0) is 0 Å². The molecule has 0 aliphatic heterocycles. The number of benzene rings is 2. The maximum atomic E-state index is 16.0. The fourth-order valence-corrected chi connectivity index (χ4v) is 4.62. The van der Waals surface area contributed by atoms with Crippen molar-refractivity contribution in [3.63, 3.8) is 0 Å². The molecule has 5 N–H and O–H groups in total. The van der Waals surface area contributed by atoms with Gasteiger partial charge < -0.3 is 21.3 Å². The number of hydrogen-bond acceptors (Lipinski definition) is 6. The zero-order valence-corrected chi connectivity index (χ0v) is 18.7. The second kappa shape index (κ2) is 7.81. The SMILES string of the molecule is COc1cc(-c2ccccc2)nc2c(F)c(-c3nn(C4CC(C)(O)C4)c(N)c3C(N)=O)ccc12. The zero-order valence-electron chi connectivity index (χ0n) is 18.7. The number of carbonyl (C=O) groups excluding carboxylic acids is 1. The molecule has 1 fully saturated rings. The van der Waals surface area contributed by atoms with Gasteiger partial charge in [-0.05, 0) is 31.9 Å². The number of aliphatic hydroxyl groups is 1. The Bertz CT molecular complexity index is 1420. The molecule has 4 aromatic rings. The summed E-state index contributed by atoms with van der Waals surface area (Å²) in [4.78, 5) is 16.8. The highest BCUT2D eigenvalue weighted by molar-refractivity contribution is 6.04. The number of aromatic nitrogens is 3. The minimum atomic E-state index is -0.835. The van der Waals surface area contributed by atoms with E-state index < -0.39 is 17.3 Å². The summed E-state index contributed by atoms with van der Waals surface area (Å²) in [5.74, 6) is -0.966. The van der Waals surface area contributed by atoms with Crippen LogP contribution in [0.2, 0.25) is 0 Å². The van der Waals surface area contributed by atoms with Gasteiger partial charge in [-0.2, -0.15) is 5.10 Å². The third-order valence-corrected chi connectivity index (χ3v) is 6.32. The number of nitrogens with two attached hydrogens (primary N) is 2. The molecular formula is C25H24FN5O3. The Morgan fingerprint density at radius 3 is 2.56 bits per heavy atom. The molecule has 34 heavy (non-hydrogen) atoms. The molecule has 1 aliphatic rings. The van der Waals surface area contributed by atoms with Crippen molar-refractivity contribution in [3.8, 4) is 28.3 Å². The smallest absolute Gasteiger partial charge is 0.254 e. The normalized spacial score (nSPS) is 19.7. The van der Waals surface area contributed by atoms with Gasteiger partial charge in [0.1, 0.15) is 28.3 Å². The Hall–Kier alpha value is -3.98. The number of nitrogens with zero attached hydrogens (tertiary/aromatic N) is 3. The summed E-state index contributed by atoms with van der Waals surface area (Å²) in [5.41, 5.74) is 12.4. The maximum Gasteiger partial charge on any atom is 0.254 e. The summed E-state index contributed by atoms with van der Waals surface area (Å²) in [6.07, 6.45) is 0.825. The number of anilines is 1. The fraction of sp³-hybridized carbons (Fsp3) is 0.240. The Kier molecular flexibility index (Phi) is 5.02. The summed E-state index contributed by atoms with van der Waals surface area (Å²) in [5, 5.41) is 15.1. The Balaban J connectivity index is 1.70. The van der Waals surface area contributed by atoms with Gasteiger partial charge in [0, 0.05) is 22.6 Å². The minimum absolute atomic E-state index is 0.0434. The fourth-order valence-electron chi connectivity index (χ4n) is 4.62. The largest absolute Gasteiger partial charge is 0.496 e. The van der Waals surface area contributed by atoms with Crippen LogP contribution in [0.3, 0.4) is 0 Å². The summed E-state index contributed by atoms with van der Waals surface area (Å²) in [6.45, 7) is 1.71. The van der Waals surface area contributed by atoms with Crippen LogP contribution in [0.15, 0.2) is 48.5 Å². The van der Waals surface area contributed by atoms with Gasteiger partial charge in [-0.25, -0.2) is 14.1 Å². The van der Waals surface area contributed by atoms with E-state index in [4.69, 9.17) is 16.2 Å². The number of primary amides is 1. The van der Waals surface area contributed by atoms with Gasteiger partial charge in [0.15, 0.2) is 5.82 Å². The van der Waals surface area contributed by atoms with Crippen molar-refractivity contribution < 1.29 is 19.0 Å². The van der Waals surface area contributed by atoms with E-state index in [1.807, 2.05) is 30.3 Å². The van der Waals surface area contributed by atoms with Crippen molar-refractivity contribution in [2.75, 3.05) is 12.8 Å². The first kappa shape index (κ1) is 21.8. The Morgan fingerprint density at radius 2 is 1.94 bits per heavy atom. The van der Waals surface area contributed by atoms with Crippen molar-refractivity contribution in [1.29, 1.82) is 0 Å². The first-order chi connectivity index (χ1) is 16.2. The van der Waals surface area contributed by atoms with E-state index in [-0.39, 0.29) is 34.2 Å². The molecule has 174 valence electrons. The average Bonchev–Trinajstić information content (AvgIpc) is 3.14. The Labute approximate surface area is 195 Å². The lowest BCUT2D eigenvalue weighted by Crippen LogP contribution is -2.42. The van der Waals surface area contributed by atoms with Crippen molar-refractivity contribution in [1.82, 2.24) is 14.8 Å². The van der Waals surface area contributed by atoms with Gasteiger partial charge in [0.05, 0.1) is 24.4 Å². The molecule has 1 aliphatic carbocycles. The molecule has 0 saturated heterocycles. The number of rotatable bonds is 5. The van der Waals surface area contributed by atoms with Gasteiger partial charge in [-0.1, -0.05) is 30.3 Å². The van der Waals surface area contributed by atoms with E-state index in [0.717, 1.165) is 5.56 Å². The molecule has 0 atom stereocenters. The molecule has 2 aromatic heterocycles. The van der Waals surface area contributed by atoms with Gasteiger partial charge >= 0.3 is 0 Å². The third-order valence-electron chi connectivity index (χ3n) is 6.32. The van der Waals surface area contributed by atoms with E-state index in [0.29, 0.717) is 29.7 Å². The van der Waals surface area contributed by atoms with Gasteiger partial charge in [-0.3, -0.25) is 4.79 Å². The topological polar surface area (TPSA) is 129 Å². The molecular weight excluding hydrogens is 437 g/mol. The molecule has 0 radical (unpaired) electrons. The predicted molar refractivity (Wildman–Crippen MR) is 127 cm³/mol. The van der Waals surface area contributed by atoms with Crippen LogP contribution in [0.1, 0.15) is 36.2 Å². The van der Waals surface area contributed by atoms with Crippen LogP contribution >= 0.6 is 0 Å². The summed E-state index contributed by atoms with van der Waals surface area (Å²) in [6, 6.07) is 14.1. The number of carbonyl (C=O) groups is 1. The molecule has 0 unspecified atom stereocenters. The highest BCUT2D eigenvalue weighted by Crippen LogP contribution is 2.44. The molecule has 1 saturated carbocycles. The molecule has 2 aromatic carbocycles. The summed E-state index contributed by atoms with van der Waals surface area (Å²) < 4.78 is 22.9. The van der Waals surface area contributed by atoms with Gasteiger partial charge in [-0.15, -0.1) is 0 Å². The van der Waals surface area contributed by atoms with Gasteiger partial charge in [0.25, 0.3) is 5.91 Å². The second-order valence-electron chi connectivity index (χ2n) is 8.88. The predicted octanol–water partition coefficient (Wildman–Crippen LogP) is 3.68. The number of hydrogen-bond donors (Lipinski definition) is 3. The number of amides is 1. The van der Waals surface area contributed by atoms with Crippen molar-refractivity contribution in [2.24, 2.45) is 5.73 Å². The summed E-state index contributed by atoms with van der Waals surface area (Å²) >= 11 is 0. The maximum absolute atomic E-state index is 16.0. The van der Waals surface area contributed by atoms with E-state index in [9.17, 15) is 9.90 Å². The molecule has 8 nitrogen and oxygen atoms in total. The quantitative estimate of drug-likeness (QED) is 0.416. The van der Waals surface area contributed by atoms with E-state index in [1.54, 1.807) is 19.1 Å². The first-order valence-corrected chi connectivity index (χ1v) is 10.8. The van der Waals surface area contributed by atoms with Crippen molar-refractivity contribution >= 4 is 22.6 Å². The molecule has 5 rings (SSSR count). The number of ether oxygens (including phenoxy) is 1. The van der Waals surface area contributed by atoms with E-state index >= 15 is 4.39 Å². The number of fused-ring (bicyclic) bond motifs is 1. The lowest BCUT2D eigenvalue weighted by Gasteiger charge is -2.41. The highest BCUT2D eigenvalue weighted by Gasteiger charge is 2.42. The number of halogens is 1. The zero-order chi connectivity index (χ0) is 24.2. The lowest BCUT2D eigenvalue weighted by molar-refractivity contribution is -0.0535. The number of nitrogen functional groups attached to an aromatic ring is 1. The second-order valence-corrected chi connectivity index (χ2v) is 8.88. The first-order valence-electron chi connectivity index (χ1n) is 10.8. The summed E-state index contributed by atoms with van der Waals surface area (Å²) in [7, 11) is 1.51. The van der Waals surface area contributed by atoms with Crippen LogP contribution in [0.4, 0.5) is 10.2 Å². The monoisotopic (exact) mass is 461 g/mol. The van der Waals surface area contributed by atoms with Gasteiger partial charge in [0.2, 0.25) is 0 Å². The van der Waals surface area contributed by atoms with Crippen LogP contribution in [0.5, 0.6) is 5.75 Å². The van der Waals surface area contributed by atoms with Crippen molar-refractivity contribution in [2.45, 2.75) is 31.4 Å². The molecule has 0 spiro atoms. The third kappa shape index (κ3) is 3.45. The van der Waals surface area contributed by atoms with Crippen LogP contribution < -0.4 is 16.2 Å².